The molecule has 0 bridgehead atoms. The van der Waals surface area contributed by atoms with Crippen LogP contribution in [0, 0.1) is 17.5 Å². The van der Waals surface area contributed by atoms with Crippen molar-refractivity contribution in [1.82, 2.24) is 14.6 Å². The van der Waals surface area contributed by atoms with Crippen molar-refractivity contribution < 1.29 is 13.2 Å². The first kappa shape index (κ1) is 12.2. The van der Waals surface area contributed by atoms with Crippen molar-refractivity contribution in [1.29, 1.82) is 0 Å². The van der Waals surface area contributed by atoms with E-state index < -0.39 is 17.5 Å². The molecule has 3 rings (SSSR count). The molecule has 19 heavy (non-hydrogen) atoms. The molecule has 3 aromatic rings. The number of halogens is 4. The first-order valence-corrected chi connectivity index (χ1v) is 6.01. The summed E-state index contributed by atoms with van der Waals surface area (Å²) in [7, 11) is 0. The van der Waals surface area contributed by atoms with E-state index in [4.69, 9.17) is 0 Å². The summed E-state index contributed by atoms with van der Waals surface area (Å²) in [4.78, 5) is 4.10. The fraction of sp³-hybridized carbons (Fsp3) is 0. The van der Waals surface area contributed by atoms with E-state index in [1.165, 1.54) is 4.52 Å². The van der Waals surface area contributed by atoms with Gasteiger partial charge in [-0.3, -0.25) is 0 Å². The molecule has 0 fully saturated rings. The lowest BCUT2D eigenvalue weighted by molar-refractivity contribution is 0.448. The molecule has 96 valence electrons. The van der Waals surface area contributed by atoms with Crippen molar-refractivity contribution >= 4 is 21.6 Å². The molecule has 1 aromatic carbocycles. The Labute approximate surface area is 113 Å². The average molecular weight is 328 g/mol. The zero-order chi connectivity index (χ0) is 13.6. The first-order valence-electron chi connectivity index (χ1n) is 5.22. The average Bonchev–Trinajstić information content (AvgIpc) is 2.75. The summed E-state index contributed by atoms with van der Waals surface area (Å²) in [5.41, 5.74) is 1.07. The van der Waals surface area contributed by atoms with Crippen molar-refractivity contribution in [3.63, 3.8) is 0 Å². The maximum atomic E-state index is 13.3. The van der Waals surface area contributed by atoms with E-state index in [0.717, 1.165) is 12.1 Å². The number of hydrogen-bond donors (Lipinski definition) is 0. The lowest BCUT2D eigenvalue weighted by atomic mass is 10.1. The van der Waals surface area contributed by atoms with Gasteiger partial charge in [0.2, 0.25) is 4.73 Å². The molecule has 0 amide bonds. The highest BCUT2D eigenvalue weighted by molar-refractivity contribution is 9.10. The van der Waals surface area contributed by atoms with Gasteiger partial charge in [-0.2, -0.15) is 0 Å². The second-order valence-electron chi connectivity index (χ2n) is 3.82. The maximum absolute atomic E-state index is 13.3. The van der Waals surface area contributed by atoms with Gasteiger partial charge in [-0.05, 0) is 45.8 Å². The molecule has 0 radical (unpaired) electrons. The van der Waals surface area contributed by atoms with Crippen LogP contribution in [-0.4, -0.2) is 14.6 Å². The second kappa shape index (κ2) is 4.34. The lowest BCUT2D eigenvalue weighted by Crippen LogP contribution is -1.94. The van der Waals surface area contributed by atoms with Crippen LogP contribution in [0.4, 0.5) is 13.2 Å². The Morgan fingerprint density at radius 3 is 2.47 bits per heavy atom. The summed E-state index contributed by atoms with van der Waals surface area (Å²) in [5.74, 6) is -3.97. The number of benzene rings is 1. The minimum absolute atomic E-state index is 0.196. The standard InChI is InChI=1S/C12H5BrF3N3/c13-12-17-11-7(2-1-3-19(11)18-12)6-4-8(14)10(16)9(15)5-6/h1-5H. The zero-order valence-corrected chi connectivity index (χ0v) is 10.8. The number of rotatable bonds is 1. The molecular formula is C12H5BrF3N3. The van der Waals surface area contributed by atoms with E-state index in [9.17, 15) is 13.2 Å². The third-order valence-electron chi connectivity index (χ3n) is 2.63. The van der Waals surface area contributed by atoms with Crippen LogP contribution in [0.25, 0.3) is 16.8 Å². The minimum Gasteiger partial charge on any atom is -0.219 e. The van der Waals surface area contributed by atoms with Crippen LogP contribution in [0.1, 0.15) is 0 Å². The Bertz CT molecular complexity index is 762. The molecule has 0 atom stereocenters. The lowest BCUT2D eigenvalue weighted by Gasteiger charge is -2.04. The summed E-state index contributed by atoms with van der Waals surface area (Å²) < 4.78 is 41.3. The summed E-state index contributed by atoms with van der Waals surface area (Å²) in [6.45, 7) is 0. The Morgan fingerprint density at radius 2 is 1.79 bits per heavy atom. The minimum atomic E-state index is -1.49. The van der Waals surface area contributed by atoms with Crippen molar-refractivity contribution in [2.75, 3.05) is 0 Å². The smallest absolute Gasteiger partial charge is 0.218 e. The van der Waals surface area contributed by atoms with Gasteiger partial charge in [-0.25, -0.2) is 22.7 Å². The number of nitrogens with zero attached hydrogens (tertiary/aromatic N) is 3. The van der Waals surface area contributed by atoms with Crippen LogP contribution in [0.15, 0.2) is 35.2 Å². The van der Waals surface area contributed by atoms with Crippen LogP contribution in [0.5, 0.6) is 0 Å². The molecule has 0 aliphatic carbocycles. The van der Waals surface area contributed by atoms with Gasteiger partial charge in [-0.1, -0.05) is 0 Å². The van der Waals surface area contributed by atoms with Crippen LogP contribution >= 0.6 is 15.9 Å². The van der Waals surface area contributed by atoms with E-state index in [2.05, 4.69) is 26.0 Å². The topological polar surface area (TPSA) is 30.2 Å². The quantitative estimate of drug-likeness (QED) is 0.639. The highest BCUT2D eigenvalue weighted by Gasteiger charge is 2.14. The van der Waals surface area contributed by atoms with E-state index in [1.807, 2.05) is 0 Å². The molecule has 0 unspecified atom stereocenters. The summed E-state index contributed by atoms with van der Waals surface area (Å²) in [6, 6.07) is 5.14. The number of hydrogen-bond acceptors (Lipinski definition) is 2. The SMILES string of the molecule is Fc1cc(-c2cccn3nc(Br)nc23)cc(F)c1F. The molecule has 0 aliphatic heterocycles. The van der Waals surface area contributed by atoms with Gasteiger partial charge in [0, 0.05) is 11.8 Å². The second-order valence-corrected chi connectivity index (χ2v) is 4.53. The molecule has 0 N–H and O–H groups in total. The summed E-state index contributed by atoms with van der Waals surface area (Å²) in [6.07, 6.45) is 1.65. The van der Waals surface area contributed by atoms with E-state index >= 15 is 0 Å². The van der Waals surface area contributed by atoms with Crippen LogP contribution in [0.2, 0.25) is 0 Å². The Kier molecular flexibility index (Phi) is 2.78. The zero-order valence-electron chi connectivity index (χ0n) is 9.24. The molecule has 2 aromatic heterocycles. The van der Waals surface area contributed by atoms with Gasteiger partial charge >= 0.3 is 0 Å². The normalized spacial score (nSPS) is 11.2. The number of fused-ring (bicyclic) bond motifs is 1. The number of pyridine rings is 1. The molecule has 0 saturated heterocycles. The Balaban J connectivity index is 2.30. The largest absolute Gasteiger partial charge is 0.219 e. The monoisotopic (exact) mass is 327 g/mol. The molecular weight excluding hydrogens is 323 g/mol. The van der Waals surface area contributed by atoms with Gasteiger partial charge in [0.1, 0.15) is 0 Å². The first-order chi connectivity index (χ1) is 9.06. The third-order valence-corrected chi connectivity index (χ3v) is 2.97. The van der Waals surface area contributed by atoms with Crippen LogP contribution in [0.3, 0.4) is 0 Å². The van der Waals surface area contributed by atoms with E-state index in [-0.39, 0.29) is 5.56 Å². The van der Waals surface area contributed by atoms with Gasteiger partial charge in [0.15, 0.2) is 23.1 Å². The van der Waals surface area contributed by atoms with E-state index in [0.29, 0.717) is 15.9 Å². The Morgan fingerprint density at radius 1 is 1.11 bits per heavy atom. The fourth-order valence-corrected chi connectivity index (χ4v) is 2.16. The van der Waals surface area contributed by atoms with Crippen molar-refractivity contribution in [3.8, 4) is 11.1 Å². The predicted molar refractivity (Wildman–Crippen MR) is 66.0 cm³/mol. The summed E-state index contributed by atoms with van der Waals surface area (Å²) in [5, 5.41) is 4.02. The van der Waals surface area contributed by atoms with Crippen molar-refractivity contribution in [2.24, 2.45) is 0 Å². The molecule has 7 heteroatoms. The third kappa shape index (κ3) is 1.99. The van der Waals surface area contributed by atoms with E-state index in [1.54, 1.807) is 18.3 Å². The predicted octanol–water partition coefficient (Wildman–Crippen LogP) is 3.58. The highest BCUT2D eigenvalue weighted by atomic mass is 79.9. The Hall–Kier alpha value is -1.89. The van der Waals surface area contributed by atoms with Crippen LogP contribution in [-0.2, 0) is 0 Å². The molecule has 0 spiro atoms. The summed E-state index contributed by atoms with van der Waals surface area (Å²) >= 11 is 3.12. The van der Waals surface area contributed by atoms with Gasteiger partial charge in [0.25, 0.3) is 0 Å². The van der Waals surface area contributed by atoms with Crippen molar-refractivity contribution in [2.45, 2.75) is 0 Å². The molecule has 2 heterocycles. The van der Waals surface area contributed by atoms with Crippen molar-refractivity contribution in [3.05, 3.63) is 52.6 Å². The van der Waals surface area contributed by atoms with Crippen LogP contribution < -0.4 is 0 Å². The molecule has 0 aliphatic rings. The number of aromatic nitrogens is 3. The van der Waals surface area contributed by atoms with Gasteiger partial charge < -0.3 is 0 Å². The molecule has 0 saturated carbocycles. The molecule has 3 nitrogen and oxygen atoms in total. The van der Waals surface area contributed by atoms with Gasteiger partial charge in [-0.15, -0.1) is 5.10 Å². The highest BCUT2D eigenvalue weighted by Crippen LogP contribution is 2.27. The maximum Gasteiger partial charge on any atom is 0.218 e. The van der Waals surface area contributed by atoms with Gasteiger partial charge in [0.05, 0.1) is 0 Å². The fourth-order valence-electron chi connectivity index (χ4n) is 1.82.